The molecule has 17 heavy (non-hydrogen) atoms. The number of carboxylic acids is 1. The van der Waals surface area contributed by atoms with Gasteiger partial charge in [-0.2, -0.15) is 0 Å². The minimum absolute atomic E-state index is 0.121. The third-order valence-electron chi connectivity index (χ3n) is 2.63. The maximum absolute atomic E-state index is 12.1. The van der Waals surface area contributed by atoms with Gasteiger partial charge in [-0.3, -0.25) is 14.5 Å². The monoisotopic (exact) mass is 251 g/mol. The smallest absolute Gasteiger partial charge is 0.323 e. The average molecular weight is 251 g/mol. The molecule has 0 spiro atoms. The molecule has 4 nitrogen and oxygen atoms in total. The van der Waals surface area contributed by atoms with Crippen molar-refractivity contribution in [2.45, 2.75) is 11.8 Å². The fourth-order valence-electron chi connectivity index (χ4n) is 1.77. The average Bonchev–Trinajstić information content (AvgIpc) is 2.42. The van der Waals surface area contributed by atoms with Crippen molar-refractivity contribution in [3.05, 3.63) is 24.3 Å². The SMILES string of the molecule is C[C@H]1CSc2ccccc2N(CC(=O)O)C1=O. The fraction of sp³-hybridized carbons (Fsp3) is 0.333. The van der Waals surface area contributed by atoms with Crippen LogP contribution < -0.4 is 4.90 Å². The lowest BCUT2D eigenvalue weighted by atomic mass is 10.1. The van der Waals surface area contributed by atoms with Gasteiger partial charge in [0.1, 0.15) is 6.54 Å². The Kier molecular flexibility index (Phi) is 3.38. The van der Waals surface area contributed by atoms with Crippen molar-refractivity contribution in [1.82, 2.24) is 0 Å². The number of thioether (sulfide) groups is 1. The van der Waals surface area contributed by atoms with Crippen LogP contribution in [-0.4, -0.2) is 29.3 Å². The highest BCUT2D eigenvalue weighted by molar-refractivity contribution is 7.99. The molecule has 1 aliphatic rings. The van der Waals surface area contributed by atoms with Crippen LogP contribution in [0.3, 0.4) is 0 Å². The van der Waals surface area contributed by atoms with Crippen LogP contribution in [0.4, 0.5) is 5.69 Å². The number of amides is 1. The topological polar surface area (TPSA) is 57.6 Å². The summed E-state index contributed by atoms with van der Waals surface area (Å²) in [6, 6.07) is 7.42. The Hall–Kier alpha value is -1.49. The second-order valence-corrected chi connectivity index (χ2v) is 5.06. The molecule has 5 heteroatoms. The number of aliphatic carboxylic acids is 1. The van der Waals surface area contributed by atoms with E-state index in [1.165, 1.54) is 4.90 Å². The van der Waals surface area contributed by atoms with E-state index in [0.29, 0.717) is 11.4 Å². The van der Waals surface area contributed by atoms with Gasteiger partial charge in [-0.15, -0.1) is 11.8 Å². The van der Waals surface area contributed by atoms with Gasteiger partial charge in [0.2, 0.25) is 5.91 Å². The molecule has 1 aromatic rings. The second-order valence-electron chi connectivity index (χ2n) is 4.00. The number of rotatable bonds is 2. The maximum atomic E-state index is 12.1. The molecule has 0 radical (unpaired) electrons. The van der Waals surface area contributed by atoms with Crippen LogP contribution in [0.5, 0.6) is 0 Å². The molecule has 0 saturated carbocycles. The molecular formula is C12H13NO3S. The number of nitrogens with zero attached hydrogens (tertiary/aromatic N) is 1. The fourth-order valence-corrected chi connectivity index (χ4v) is 2.84. The number of hydrogen-bond donors (Lipinski definition) is 1. The molecule has 90 valence electrons. The molecule has 1 atom stereocenters. The van der Waals surface area contributed by atoms with Crippen LogP contribution >= 0.6 is 11.8 Å². The number of carbonyl (C=O) groups is 2. The molecule has 0 fully saturated rings. The summed E-state index contributed by atoms with van der Waals surface area (Å²) in [6.07, 6.45) is 0. The summed E-state index contributed by atoms with van der Waals surface area (Å²) >= 11 is 1.60. The zero-order valence-corrected chi connectivity index (χ0v) is 10.2. The van der Waals surface area contributed by atoms with Gasteiger partial charge in [0.05, 0.1) is 5.69 Å². The van der Waals surface area contributed by atoms with E-state index < -0.39 is 5.97 Å². The third kappa shape index (κ3) is 2.44. The Morgan fingerprint density at radius 1 is 1.53 bits per heavy atom. The highest BCUT2D eigenvalue weighted by Gasteiger charge is 2.28. The van der Waals surface area contributed by atoms with Crippen molar-refractivity contribution in [3.8, 4) is 0 Å². The molecule has 0 saturated heterocycles. The van der Waals surface area contributed by atoms with Crippen molar-refractivity contribution in [3.63, 3.8) is 0 Å². The van der Waals surface area contributed by atoms with E-state index in [1.54, 1.807) is 17.8 Å². The van der Waals surface area contributed by atoms with Gasteiger partial charge >= 0.3 is 5.97 Å². The summed E-state index contributed by atoms with van der Waals surface area (Å²) in [5.74, 6) is -0.588. The van der Waals surface area contributed by atoms with Crippen LogP contribution in [0, 0.1) is 5.92 Å². The Morgan fingerprint density at radius 3 is 2.94 bits per heavy atom. The first-order valence-electron chi connectivity index (χ1n) is 5.34. The number of fused-ring (bicyclic) bond motifs is 1. The molecule has 0 unspecified atom stereocenters. The molecule has 0 bridgehead atoms. The first-order chi connectivity index (χ1) is 8.09. The van der Waals surface area contributed by atoms with Gasteiger partial charge in [0, 0.05) is 16.6 Å². The number of carbonyl (C=O) groups excluding carboxylic acids is 1. The van der Waals surface area contributed by atoms with Crippen LogP contribution in [0.25, 0.3) is 0 Å². The predicted octanol–water partition coefficient (Wildman–Crippen LogP) is 1.85. The summed E-state index contributed by atoms with van der Waals surface area (Å²) in [7, 11) is 0. The van der Waals surface area contributed by atoms with Crippen molar-refractivity contribution in [1.29, 1.82) is 0 Å². The molecule has 1 N–H and O–H groups in total. The Bertz CT molecular complexity index is 461. The Balaban J connectivity index is 2.43. The second kappa shape index (κ2) is 4.79. The lowest BCUT2D eigenvalue weighted by Crippen LogP contribution is -2.38. The summed E-state index contributed by atoms with van der Waals surface area (Å²) in [4.78, 5) is 25.3. The van der Waals surface area contributed by atoms with Crippen molar-refractivity contribution in [2.24, 2.45) is 5.92 Å². The molecule has 1 heterocycles. The van der Waals surface area contributed by atoms with Gasteiger partial charge < -0.3 is 5.11 Å². The summed E-state index contributed by atoms with van der Waals surface area (Å²) in [6.45, 7) is 1.55. The van der Waals surface area contributed by atoms with E-state index in [2.05, 4.69) is 0 Å². The molecule has 2 rings (SSSR count). The largest absolute Gasteiger partial charge is 0.480 e. The number of anilines is 1. The molecule has 0 aliphatic carbocycles. The highest BCUT2D eigenvalue weighted by Crippen LogP contribution is 2.35. The van der Waals surface area contributed by atoms with E-state index in [9.17, 15) is 9.59 Å². The molecule has 1 amide bonds. The van der Waals surface area contributed by atoms with E-state index in [1.807, 2.05) is 25.1 Å². The Morgan fingerprint density at radius 2 is 2.24 bits per heavy atom. The standard InChI is InChI=1S/C12H13NO3S/c1-8-7-17-10-5-3-2-4-9(10)13(12(8)16)6-11(14)15/h2-5,8H,6-7H2,1H3,(H,14,15)/t8-/m0/s1. The van der Waals surface area contributed by atoms with Gasteiger partial charge in [0.15, 0.2) is 0 Å². The zero-order chi connectivity index (χ0) is 12.4. The number of hydrogen-bond acceptors (Lipinski definition) is 3. The van der Waals surface area contributed by atoms with E-state index >= 15 is 0 Å². The first kappa shape index (κ1) is 12.0. The summed E-state index contributed by atoms with van der Waals surface area (Å²) < 4.78 is 0. The minimum atomic E-state index is -0.993. The predicted molar refractivity (Wildman–Crippen MR) is 66.3 cm³/mol. The van der Waals surface area contributed by atoms with Crippen molar-refractivity contribution in [2.75, 3.05) is 17.2 Å². The molecule has 1 aliphatic heterocycles. The van der Waals surface area contributed by atoms with E-state index in [-0.39, 0.29) is 18.4 Å². The molecule has 1 aromatic carbocycles. The molecule has 0 aromatic heterocycles. The minimum Gasteiger partial charge on any atom is -0.480 e. The third-order valence-corrected chi connectivity index (χ3v) is 3.95. The quantitative estimate of drug-likeness (QED) is 0.871. The van der Waals surface area contributed by atoms with Crippen LogP contribution in [-0.2, 0) is 9.59 Å². The summed E-state index contributed by atoms with van der Waals surface area (Å²) in [5.41, 5.74) is 0.703. The van der Waals surface area contributed by atoms with Crippen LogP contribution in [0.1, 0.15) is 6.92 Å². The van der Waals surface area contributed by atoms with Gasteiger partial charge in [-0.05, 0) is 12.1 Å². The summed E-state index contributed by atoms with van der Waals surface area (Å²) in [5, 5.41) is 8.89. The van der Waals surface area contributed by atoms with E-state index in [0.717, 1.165) is 4.90 Å². The zero-order valence-electron chi connectivity index (χ0n) is 9.42. The number of para-hydroxylation sites is 1. The van der Waals surface area contributed by atoms with Crippen LogP contribution in [0.2, 0.25) is 0 Å². The normalized spacial score (nSPS) is 19.7. The van der Waals surface area contributed by atoms with E-state index in [4.69, 9.17) is 5.11 Å². The van der Waals surface area contributed by atoms with Gasteiger partial charge in [0.25, 0.3) is 0 Å². The van der Waals surface area contributed by atoms with Crippen molar-refractivity contribution >= 4 is 29.3 Å². The molecular weight excluding hydrogens is 238 g/mol. The lowest BCUT2D eigenvalue weighted by molar-refractivity contribution is -0.137. The van der Waals surface area contributed by atoms with Crippen molar-refractivity contribution < 1.29 is 14.7 Å². The maximum Gasteiger partial charge on any atom is 0.323 e. The van der Waals surface area contributed by atoms with Gasteiger partial charge in [-0.25, -0.2) is 0 Å². The number of carboxylic acid groups (broad SMARTS) is 1. The lowest BCUT2D eigenvalue weighted by Gasteiger charge is -2.22. The highest BCUT2D eigenvalue weighted by atomic mass is 32.2. The Labute approximate surface area is 104 Å². The van der Waals surface area contributed by atoms with Gasteiger partial charge in [-0.1, -0.05) is 19.1 Å². The number of benzene rings is 1. The first-order valence-corrected chi connectivity index (χ1v) is 6.33. The van der Waals surface area contributed by atoms with Crippen LogP contribution in [0.15, 0.2) is 29.2 Å².